The fourth-order valence-corrected chi connectivity index (χ4v) is 2.17. The minimum Gasteiger partial charge on any atom is -0.324 e. The summed E-state index contributed by atoms with van der Waals surface area (Å²) in [4.78, 5) is 2.37. The molecule has 0 aromatic rings. The lowest BCUT2D eigenvalue weighted by Crippen LogP contribution is -2.48. The molecule has 0 unspecified atom stereocenters. The number of hydrogen-bond donors (Lipinski definition) is 1. The van der Waals surface area contributed by atoms with Crippen molar-refractivity contribution in [3.8, 4) is 0 Å². The van der Waals surface area contributed by atoms with Gasteiger partial charge >= 0.3 is 0 Å². The monoisotopic (exact) mass is 182 g/mol. The van der Waals surface area contributed by atoms with Gasteiger partial charge in [-0.1, -0.05) is 25.8 Å². The van der Waals surface area contributed by atoms with Crippen LogP contribution in [-0.2, 0) is 0 Å². The van der Waals surface area contributed by atoms with E-state index < -0.39 is 0 Å². The molecule has 0 amide bonds. The Morgan fingerprint density at radius 3 is 2.54 bits per heavy atom. The van der Waals surface area contributed by atoms with Crippen molar-refractivity contribution in [2.24, 2.45) is 5.73 Å². The molecule has 2 nitrogen and oxygen atoms in total. The normalized spacial score (nSPS) is 20.8. The molecule has 0 bridgehead atoms. The first-order valence-electron chi connectivity index (χ1n) is 5.32. The second-order valence-electron chi connectivity index (χ2n) is 4.19. The highest BCUT2D eigenvalue weighted by Gasteiger charge is 2.30. The van der Waals surface area contributed by atoms with Gasteiger partial charge in [0.1, 0.15) is 0 Å². The quantitative estimate of drug-likeness (QED) is 0.657. The third-order valence-corrected chi connectivity index (χ3v) is 2.97. The van der Waals surface area contributed by atoms with Crippen molar-refractivity contribution < 1.29 is 0 Å². The van der Waals surface area contributed by atoms with Crippen LogP contribution in [-0.4, -0.2) is 30.1 Å². The van der Waals surface area contributed by atoms with Crippen LogP contribution in [0.5, 0.6) is 0 Å². The predicted molar refractivity (Wildman–Crippen MR) is 57.7 cm³/mol. The molecule has 2 heteroatoms. The number of hydrogen-bond acceptors (Lipinski definition) is 2. The van der Waals surface area contributed by atoms with Crippen molar-refractivity contribution in [1.29, 1.82) is 0 Å². The van der Waals surface area contributed by atoms with E-state index in [-0.39, 0.29) is 5.54 Å². The zero-order valence-corrected chi connectivity index (χ0v) is 8.76. The molecule has 0 spiro atoms. The van der Waals surface area contributed by atoms with Crippen LogP contribution < -0.4 is 5.73 Å². The average Bonchev–Trinajstić information content (AvgIpc) is 2.51. The molecule has 13 heavy (non-hydrogen) atoms. The van der Waals surface area contributed by atoms with Gasteiger partial charge < -0.3 is 5.73 Å². The summed E-state index contributed by atoms with van der Waals surface area (Å²) in [6.07, 6.45) is 6.97. The Kier molecular flexibility index (Phi) is 3.94. The third kappa shape index (κ3) is 3.12. The molecule has 0 aromatic carbocycles. The van der Waals surface area contributed by atoms with Crippen molar-refractivity contribution in [2.75, 3.05) is 19.6 Å². The predicted octanol–water partition coefficient (Wildman–Crippen LogP) is 1.77. The number of nitrogens with two attached hydrogens (primary N) is 1. The van der Waals surface area contributed by atoms with Gasteiger partial charge in [-0.3, -0.25) is 4.90 Å². The van der Waals surface area contributed by atoms with Crippen LogP contribution in [0.3, 0.4) is 0 Å². The number of likely N-dealkylation sites (N-methyl/N-ethyl adjacent to an activating group) is 1. The maximum atomic E-state index is 6.29. The maximum absolute atomic E-state index is 6.29. The Morgan fingerprint density at radius 1 is 1.46 bits per heavy atom. The molecule has 1 fully saturated rings. The maximum Gasteiger partial charge on any atom is 0.0283 e. The largest absolute Gasteiger partial charge is 0.324 e. The van der Waals surface area contributed by atoms with Gasteiger partial charge in [-0.25, -0.2) is 0 Å². The van der Waals surface area contributed by atoms with Crippen molar-refractivity contribution in [3.05, 3.63) is 12.7 Å². The summed E-state index contributed by atoms with van der Waals surface area (Å²) >= 11 is 0. The minimum atomic E-state index is 0.0963. The van der Waals surface area contributed by atoms with Crippen LogP contribution >= 0.6 is 0 Å². The highest BCUT2D eigenvalue weighted by Crippen LogP contribution is 2.27. The summed E-state index contributed by atoms with van der Waals surface area (Å²) in [6.45, 7) is 9.02. The van der Waals surface area contributed by atoms with E-state index in [9.17, 15) is 0 Å². The molecule has 0 radical (unpaired) electrons. The Bertz CT molecular complexity index is 159. The molecule has 0 atom stereocenters. The second kappa shape index (κ2) is 4.77. The molecule has 1 aliphatic carbocycles. The van der Waals surface area contributed by atoms with Gasteiger partial charge in [0, 0.05) is 18.6 Å². The second-order valence-corrected chi connectivity index (χ2v) is 4.19. The van der Waals surface area contributed by atoms with Gasteiger partial charge in [0.15, 0.2) is 0 Å². The highest BCUT2D eigenvalue weighted by atomic mass is 15.1. The standard InChI is InChI=1S/C11H22N2/c1-3-9-13(4-2)10-11(12)7-5-6-8-11/h3H,1,4-10,12H2,2H3. The highest BCUT2D eigenvalue weighted by molar-refractivity contribution is 4.92. The van der Waals surface area contributed by atoms with Crippen LogP contribution in [0.4, 0.5) is 0 Å². The zero-order chi connectivity index (χ0) is 9.73. The molecule has 0 aromatic heterocycles. The van der Waals surface area contributed by atoms with Gasteiger partial charge in [-0.15, -0.1) is 6.58 Å². The lowest BCUT2D eigenvalue weighted by Gasteiger charge is -2.30. The summed E-state index contributed by atoms with van der Waals surface area (Å²) in [5.74, 6) is 0. The van der Waals surface area contributed by atoms with Gasteiger partial charge in [0.05, 0.1) is 0 Å². The molecular formula is C11H22N2. The summed E-state index contributed by atoms with van der Waals surface area (Å²) in [5, 5.41) is 0. The van der Waals surface area contributed by atoms with E-state index in [2.05, 4.69) is 18.4 Å². The van der Waals surface area contributed by atoms with E-state index in [0.717, 1.165) is 19.6 Å². The number of rotatable bonds is 5. The summed E-state index contributed by atoms with van der Waals surface area (Å²) in [5.41, 5.74) is 6.39. The summed E-state index contributed by atoms with van der Waals surface area (Å²) in [6, 6.07) is 0. The van der Waals surface area contributed by atoms with E-state index in [1.807, 2.05) is 6.08 Å². The Labute approximate surface area is 81.8 Å². The van der Waals surface area contributed by atoms with Gasteiger partial charge in [0.2, 0.25) is 0 Å². The van der Waals surface area contributed by atoms with Gasteiger partial charge in [-0.2, -0.15) is 0 Å². The van der Waals surface area contributed by atoms with E-state index >= 15 is 0 Å². The van der Waals surface area contributed by atoms with Gasteiger partial charge in [0.25, 0.3) is 0 Å². The van der Waals surface area contributed by atoms with Crippen LogP contribution in [0.25, 0.3) is 0 Å². The summed E-state index contributed by atoms with van der Waals surface area (Å²) in [7, 11) is 0. The summed E-state index contributed by atoms with van der Waals surface area (Å²) < 4.78 is 0. The molecular weight excluding hydrogens is 160 g/mol. The molecule has 1 aliphatic rings. The van der Waals surface area contributed by atoms with Gasteiger partial charge in [-0.05, 0) is 19.4 Å². The van der Waals surface area contributed by atoms with E-state index in [1.165, 1.54) is 25.7 Å². The van der Waals surface area contributed by atoms with E-state index in [4.69, 9.17) is 5.73 Å². The fourth-order valence-electron chi connectivity index (χ4n) is 2.17. The molecule has 0 saturated heterocycles. The lowest BCUT2D eigenvalue weighted by molar-refractivity contribution is 0.237. The number of nitrogens with zero attached hydrogens (tertiary/aromatic N) is 1. The molecule has 0 heterocycles. The van der Waals surface area contributed by atoms with Crippen LogP contribution in [0.2, 0.25) is 0 Å². The van der Waals surface area contributed by atoms with Crippen molar-refractivity contribution in [2.45, 2.75) is 38.1 Å². The zero-order valence-electron chi connectivity index (χ0n) is 8.76. The Morgan fingerprint density at radius 2 is 2.08 bits per heavy atom. The van der Waals surface area contributed by atoms with Crippen molar-refractivity contribution in [3.63, 3.8) is 0 Å². The first kappa shape index (κ1) is 10.7. The Balaban J connectivity index is 2.39. The minimum absolute atomic E-state index is 0.0963. The third-order valence-electron chi connectivity index (χ3n) is 2.97. The van der Waals surface area contributed by atoms with E-state index in [0.29, 0.717) is 0 Å². The first-order valence-corrected chi connectivity index (χ1v) is 5.32. The smallest absolute Gasteiger partial charge is 0.0283 e. The van der Waals surface area contributed by atoms with Crippen LogP contribution in [0, 0.1) is 0 Å². The first-order chi connectivity index (χ1) is 6.20. The lowest BCUT2D eigenvalue weighted by atomic mass is 9.98. The SMILES string of the molecule is C=CCN(CC)CC1(N)CCCC1. The fraction of sp³-hybridized carbons (Fsp3) is 0.818. The van der Waals surface area contributed by atoms with Crippen molar-refractivity contribution >= 4 is 0 Å². The molecule has 76 valence electrons. The molecule has 0 aliphatic heterocycles. The van der Waals surface area contributed by atoms with Crippen LogP contribution in [0.15, 0.2) is 12.7 Å². The topological polar surface area (TPSA) is 29.3 Å². The molecule has 1 saturated carbocycles. The van der Waals surface area contributed by atoms with E-state index in [1.54, 1.807) is 0 Å². The Hall–Kier alpha value is -0.340. The molecule has 2 N–H and O–H groups in total. The van der Waals surface area contributed by atoms with Crippen molar-refractivity contribution in [1.82, 2.24) is 4.90 Å². The molecule has 1 rings (SSSR count). The average molecular weight is 182 g/mol. The van der Waals surface area contributed by atoms with Crippen LogP contribution in [0.1, 0.15) is 32.6 Å².